The normalized spacial score (nSPS) is 20.5. The maximum Gasteiger partial charge on any atom is 0.225 e. The lowest BCUT2D eigenvalue weighted by atomic mass is 10.0. The first-order chi connectivity index (χ1) is 9.98. The number of carbonyl (C=O) groups is 1. The highest BCUT2D eigenvalue weighted by molar-refractivity contribution is 7.90. The highest BCUT2D eigenvalue weighted by Gasteiger charge is 2.46. The van der Waals surface area contributed by atoms with Crippen LogP contribution in [0.2, 0.25) is 0 Å². The lowest BCUT2D eigenvalue weighted by Gasteiger charge is -2.37. The van der Waals surface area contributed by atoms with Gasteiger partial charge in [0.2, 0.25) is 15.9 Å². The Morgan fingerprint density at radius 2 is 1.81 bits per heavy atom. The van der Waals surface area contributed by atoms with E-state index < -0.39 is 16.3 Å². The van der Waals surface area contributed by atoms with Crippen LogP contribution < -0.4 is 5.32 Å². The lowest BCUT2D eigenvalue weighted by Crippen LogP contribution is -2.57. The van der Waals surface area contributed by atoms with Crippen LogP contribution in [0.5, 0.6) is 0 Å². The molecule has 0 aromatic heterocycles. The third-order valence-electron chi connectivity index (χ3n) is 3.67. The average molecular weight is 320 g/mol. The quantitative estimate of drug-likeness (QED) is 0.601. The van der Waals surface area contributed by atoms with E-state index in [1.54, 1.807) is 0 Å². The maximum absolute atomic E-state index is 12.0. The molecule has 1 amide bonds. The summed E-state index contributed by atoms with van der Waals surface area (Å²) in [5.74, 6) is -0.399. The molecule has 1 saturated heterocycles. The zero-order chi connectivity index (χ0) is 15.5. The second-order valence-electron chi connectivity index (χ2n) is 5.34. The van der Waals surface area contributed by atoms with Crippen LogP contribution in [-0.4, -0.2) is 63.0 Å². The molecule has 0 bridgehead atoms. The fourth-order valence-corrected chi connectivity index (χ4v) is 4.18. The molecule has 1 aliphatic carbocycles. The molecule has 2 aliphatic rings. The number of amides is 1. The molecule has 122 valence electrons. The van der Waals surface area contributed by atoms with Crippen molar-refractivity contribution >= 4 is 15.9 Å². The largest absolute Gasteiger partial charge is 0.351 e. The SMILES string of the molecule is CCOC(CNC(=O)C1CN(S(=O)(=O)C2CC2)C1)OCC. The second-order valence-corrected chi connectivity index (χ2v) is 7.56. The van der Waals surface area contributed by atoms with Gasteiger partial charge in [-0.25, -0.2) is 8.42 Å². The van der Waals surface area contributed by atoms with Crippen molar-refractivity contribution < 1.29 is 22.7 Å². The van der Waals surface area contributed by atoms with Crippen molar-refractivity contribution in [2.75, 3.05) is 32.8 Å². The van der Waals surface area contributed by atoms with Gasteiger partial charge < -0.3 is 14.8 Å². The van der Waals surface area contributed by atoms with Crippen molar-refractivity contribution in [2.45, 2.75) is 38.2 Å². The Morgan fingerprint density at radius 1 is 1.24 bits per heavy atom. The second kappa shape index (κ2) is 7.04. The molecule has 1 aliphatic heterocycles. The molecule has 0 unspecified atom stereocenters. The molecule has 0 spiro atoms. The van der Waals surface area contributed by atoms with Gasteiger partial charge in [-0.2, -0.15) is 4.31 Å². The molecule has 0 aromatic carbocycles. The van der Waals surface area contributed by atoms with Gasteiger partial charge in [-0.3, -0.25) is 4.79 Å². The fraction of sp³-hybridized carbons (Fsp3) is 0.923. The number of hydrogen-bond acceptors (Lipinski definition) is 5. The summed E-state index contributed by atoms with van der Waals surface area (Å²) in [6.45, 7) is 5.61. The molecule has 0 atom stereocenters. The Hall–Kier alpha value is -0.700. The molecule has 2 rings (SSSR count). The van der Waals surface area contributed by atoms with Crippen LogP contribution in [-0.2, 0) is 24.3 Å². The van der Waals surface area contributed by atoms with E-state index >= 15 is 0 Å². The smallest absolute Gasteiger partial charge is 0.225 e. The Balaban J connectivity index is 1.71. The zero-order valence-electron chi connectivity index (χ0n) is 12.6. The third-order valence-corrected chi connectivity index (χ3v) is 6.00. The molecule has 2 fully saturated rings. The first kappa shape index (κ1) is 16.7. The zero-order valence-corrected chi connectivity index (χ0v) is 13.4. The number of sulfonamides is 1. The number of hydrogen-bond donors (Lipinski definition) is 1. The first-order valence-corrected chi connectivity index (χ1v) is 8.99. The summed E-state index contributed by atoms with van der Waals surface area (Å²) in [5.41, 5.74) is 0. The summed E-state index contributed by atoms with van der Waals surface area (Å²) in [6.07, 6.45) is 1.05. The van der Waals surface area contributed by atoms with E-state index in [1.165, 1.54) is 4.31 Å². The number of carbonyl (C=O) groups excluding carboxylic acids is 1. The topological polar surface area (TPSA) is 84.9 Å². The summed E-state index contributed by atoms with van der Waals surface area (Å²) in [7, 11) is -3.14. The lowest BCUT2D eigenvalue weighted by molar-refractivity contribution is -0.143. The van der Waals surface area contributed by atoms with Gasteiger partial charge in [0.05, 0.1) is 17.7 Å². The van der Waals surface area contributed by atoms with Crippen molar-refractivity contribution in [3.63, 3.8) is 0 Å². The van der Waals surface area contributed by atoms with Gasteiger partial charge in [0.1, 0.15) is 0 Å². The van der Waals surface area contributed by atoms with E-state index in [2.05, 4.69) is 5.32 Å². The number of rotatable bonds is 9. The van der Waals surface area contributed by atoms with Gasteiger partial charge in [-0.05, 0) is 26.7 Å². The van der Waals surface area contributed by atoms with E-state index in [0.29, 0.717) is 26.3 Å². The minimum Gasteiger partial charge on any atom is -0.351 e. The Labute approximate surface area is 126 Å². The van der Waals surface area contributed by atoms with Gasteiger partial charge in [-0.1, -0.05) is 0 Å². The monoisotopic (exact) mass is 320 g/mol. The van der Waals surface area contributed by atoms with Crippen LogP contribution in [0.4, 0.5) is 0 Å². The molecule has 0 radical (unpaired) electrons. The summed E-state index contributed by atoms with van der Waals surface area (Å²) in [4.78, 5) is 12.0. The molecular formula is C13H24N2O5S. The molecule has 8 heteroatoms. The Morgan fingerprint density at radius 3 is 2.29 bits per heavy atom. The molecule has 1 heterocycles. The molecule has 1 N–H and O–H groups in total. The Bertz CT molecular complexity index is 451. The number of nitrogens with zero attached hydrogens (tertiary/aromatic N) is 1. The van der Waals surface area contributed by atoms with Gasteiger partial charge in [0, 0.05) is 26.3 Å². The van der Waals surface area contributed by atoms with Crippen LogP contribution in [0.3, 0.4) is 0 Å². The van der Waals surface area contributed by atoms with Crippen LogP contribution >= 0.6 is 0 Å². The van der Waals surface area contributed by atoms with E-state index in [-0.39, 0.29) is 23.6 Å². The van der Waals surface area contributed by atoms with E-state index in [9.17, 15) is 13.2 Å². The molecule has 21 heavy (non-hydrogen) atoms. The Kier molecular flexibility index (Phi) is 5.59. The molecule has 7 nitrogen and oxygen atoms in total. The van der Waals surface area contributed by atoms with Crippen LogP contribution in [0.15, 0.2) is 0 Å². The molecule has 0 aromatic rings. The summed E-state index contributed by atoms with van der Waals surface area (Å²) in [5, 5.41) is 2.55. The van der Waals surface area contributed by atoms with Crippen molar-refractivity contribution in [3.05, 3.63) is 0 Å². The predicted molar refractivity (Wildman–Crippen MR) is 77.1 cm³/mol. The van der Waals surface area contributed by atoms with Crippen molar-refractivity contribution in [1.29, 1.82) is 0 Å². The van der Waals surface area contributed by atoms with Gasteiger partial charge >= 0.3 is 0 Å². The first-order valence-electron chi connectivity index (χ1n) is 7.48. The predicted octanol–water partition coefficient (Wildman–Crippen LogP) is -0.0743. The maximum atomic E-state index is 12.0. The number of ether oxygens (including phenoxy) is 2. The van der Waals surface area contributed by atoms with Gasteiger partial charge in [0.15, 0.2) is 6.29 Å². The average Bonchev–Trinajstić information content (AvgIpc) is 3.18. The minimum atomic E-state index is -3.14. The molecular weight excluding hydrogens is 296 g/mol. The van der Waals surface area contributed by atoms with Crippen molar-refractivity contribution in [2.24, 2.45) is 5.92 Å². The highest BCUT2D eigenvalue weighted by atomic mass is 32.2. The van der Waals surface area contributed by atoms with Crippen molar-refractivity contribution in [3.8, 4) is 0 Å². The van der Waals surface area contributed by atoms with Crippen LogP contribution in [0.25, 0.3) is 0 Å². The van der Waals surface area contributed by atoms with Crippen LogP contribution in [0.1, 0.15) is 26.7 Å². The summed E-state index contributed by atoms with van der Waals surface area (Å²) in [6, 6.07) is 0. The minimum absolute atomic E-state index is 0.137. The standard InChI is InChI=1S/C13H24N2O5S/c1-3-19-12(20-4-2)7-14-13(16)10-8-15(9-10)21(17,18)11-5-6-11/h10-12H,3-9H2,1-2H3,(H,14,16). The van der Waals surface area contributed by atoms with E-state index in [0.717, 1.165) is 12.8 Å². The fourth-order valence-electron chi connectivity index (χ4n) is 2.25. The highest BCUT2D eigenvalue weighted by Crippen LogP contribution is 2.34. The third kappa shape index (κ3) is 4.15. The van der Waals surface area contributed by atoms with Crippen molar-refractivity contribution in [1.82, 2.24) is 9.62 Å². The molecule has 1 saturated carbocycles. The van der Waals surface area contributed by atoms with E-state index in [1.807, 2.05) is 13.8 Å². The van der Waals surface area contributed by atoms with Gasteiger partial charge in [0.25, 0.3) is 0 Å². The van der Waals surface area contributed by atoms with Crippen LogP contribution in [0, 0.1) is 5.92 Å². The van der Waals surface area contributed by atoms with E-state index in [4.69, 9.17) is 9.47 Å². The summed E-state index contributed by atoms with van der Waals surface area (Å²) < 4.78 is 36.0. The number of nitrogens with one attached hydrogen (secondary N) is 1. The van der Waals surface area contributed by atoms with Gasteiger partial charge in [-0.15, -0.1) is 0 Å². The summed E-state index contributed by atoms with van der Waals surface area (Å²) >= 11 is 0.